The number of rotatable bonds is 3. The highest BCUT2D eigenvalue weighted by molar-refractivity contribution is 7.89. The molecule has 1 N–H and O–H groups in total. The Hall–Kier alpha value is -1.44. The van der Waals surface area contributed by atoms with Crippen LogP contribution in [-0.4, -0.2) is 51.0 Å². The third-order valence-corrected chi connectivity index (χ3v) is 6.08. The SMILES string of the molecule is CNC(=O)[C@H]1CN(S(=O)(=O)c2ccccc2)[C@@H]2CCO[C@H]12. The van der Waals surface area contributed by atoms with E-state index in [-0.39, 0.29) is 29.5 Å². The van der Waals surface area contributed by atoms with Crippen LogP contribution in [0.5, 0.6) is 0 Å². The number of carbonyl (C=O) groups is 1. The van der Waals surface area contributed by atoms with Crippen molar-refractivity contribution in [1.29, 1.82) is 0 Å². The number of ether oxygens (including phenoxy) is 1. The number of fused-ring (bicyclic) bond motifs is 1. The molecule has 7 heteroatoms. The second-order valence-corrected chi connectivity index (χ2v) is 7.19. The summed E-state index contributed by atoms with van der Waals surface area (Å²) >= 11 is 0. The van der Waals surface area contributed by atoms with Gasteiger partial charge in [0.15, 0.2) is 0 Å². The number of hydrogen-bond acceptors (Lipinski definition) is 4. The molecule has 0 radical (unpaired) electrons. The molecule has 21 heavy (non-hydrogen) atoms. The van der Waals surface area contributed by atoms with Crippen molar-refractivity contribution in [3.63, 3.8) is 0 Å². The molecule has 2 heterocycles. The first-order valence-corrected chi connectivity index (χ1v) is 8.40. The van der Waals surface area contributed by atoms with Crippen molar-refractivity contribution in [2.45, 2.75) is 23.5 Å². The average Bonchev–Trinajstić information content (AvgIpc) is 3.09. The molecular weight excluding hydrogens is 292 g/mol. The van der Waals surface area contributed by atoms with Crippen molar-refractivity contribution in [2.24, 2.45) is 5.92 Å². The van der Waals surface area contributed by atoms with Crippen molar-refractivity contribution in [2.75, 3.05) is 20.2 Å². The Bertz CT molecular complexity index is 632. The largest absolute Gasteiger partial charge is 0.376 e. The zero-order chi connectivity index (χ0) is 15.0. The van der Waals surface area contributed by atoms with E-state index >= 15 is 0 Å². The number of benzene rings is 1. The van der Waals surface area contributed by atoms with Gasteiger partial charge in [-0.05, 0) is 18.6 Å². The maximum absolute atomic E-state index is 12.8. The first-order chi connectivity index (χ1) is 10.1. The molecule has 1 aromatic rings. The maximum Gasteiger partial charge on any atom is 0.243 e. The fourth-order valence-corrected chi connectivity index (χ4v) is 4.86. The number of nitrogens with zero attached hydrogens (tertiary/aromatic N) is 1. The van der Waals surface area contributed by atoms with Crippen LogP contribution in [0.25, 0.3) is 0 Å². The van der Waals surface area contributed by atoms with Crippen LogP contribution in [0.15, 0.2) is 35.2 Å². The normalized spacial score (nSPS) is 29.3. The van der Waals surface area contributed by atoms with Crippen molar-refractivity contribution in [1.82, 2.24) is 9.62 Å². The summed E-state index contributed by atoms with van der Waals surface area (Å²) in [5.41, 5.74) is 0. The zero-order valence-electron chi connectivity index (χ0n) is 11.7. The van der Waals surface area contributed by atoms with Gasteiger partial charge >= 0.3 is 0 Å². The molecule has 114 valence electrons. The van der Waals surface area contributed by atoms with Crippen LogP contribution in [0.2, 0.25) is 0 Å². The van der Waals surface area contributed by atoms with E-state index in [0.29, 0.717) is 13.0 Å². The fraction of sp³-hybridized carbons (Fsp3) is 0.500. The summed E-state index contributed by atoms with van der Waals surface area (Å²) in [7, 11) is -2.04. The monoisotopic (exact) mass is 310 g/mol. The molecule has 2 aliphatic rings. The van der Waals surface area contributed by atoms with Gasteiger partial charge in [0.2, 0.25) is 15.9 Å². The summed E-state index contributed by atoms with van der Waals surface area (Å²) in [4.78, 5) is 12.2. The lowest BCUT2D eigenvalue weighted by atomic mass is 10.0. The summed E-state index contributed by atoms with van der Waals surface area (Å²) < 4.78 is 32.6. The molecular formula is C14H18N2O4S. The Morgan fingerprint density at radius 2 is 2.05 bits per heavy atom. The van der Waals surface area contributed by atoms with E-state index in [1.54, 1.807) is 37.4 Å². The standard InChI is InChI=1S/C14H18N2O4S/c1-15-14(17)11-9-16(12-7-8-20-13(11)12)21(18,19)10-5-3-2-4-6-10/h2-6,11-13H,7-9H2,1H3,(H,15,17)/t11-,12+,13+/m0/s1. The van der Waals surface area contributed by atoms with Gasteiger partial charge in [-0.15, -0.1) is 0 Å². The fourth-order valence-electron chi connectivity index (χ4n) is 3.15. The second-order valence-electron chi connectivity index (χ2n) is 5.30. The smallest absolute Gasteiger partial charge is 0.243 e. The number of carbonyl (C=O) groups excluding carboxylic acids is 1. The van der Waals surface area contributed by atoms with E-state index in [4.69, 9.17) is 4.74 Å². The summed E-state index contributed by atoms with van der Waals surface area (Å²) in [6, 6.07) is 8.07. The topological polar surface area (TPSA) is 75.7 Å². The summed E-state index contributed by atoms with van der Waals surface area (Å²) in [6.45, 7) is 0.663. The Labute approximate surface area is 124 Å². The first kappa shape index (κ1) is 14.5. The summed E-state index contributed by atoms with van der Waals surface area (Å²) in [5.74, 6) is -0.612. The van der Waals surface area contributed by atoms with Gasteiger partial charge in [0.05, 0.1) is 23.0 Å². The van der Waals surface area contributed by atoms with Gasteiger partial charge in [0, 0.05) is 20.2 Å². The molecule has 0 spiro atoms. The van der Waals surface area contributed by atoms with Crippen LogP contribution in [0.1, 0.15) is 6.42 Å². The van der Waals surface area contributed by atoms with E-state index in [1.165, 1.54) is 4.31 Å². The van der Waals surface area contributed by atoms with Gasteiger partial charge in [-0.25, -0.2) is 8.42 Å². The lowest BCUT2D eigenvalue weighted by Crippen LogP contribution is -2.37. The van der Waals surface area contributed by atoms with E-state index in [9.17, 15) is 13.2 Å². The molecule has 1 aromatic carbocycles. The van der Waals surface area contributed by atoms with Crippen LogP contribution < -0.4 is 5.32 Å². The minimum atomic E-state index is -3.59. The molecule has 6 nitrogen and oxygen atoms in total. The van der Waals surface area contributed by atoms with Gasteiger partial charge in [-0.1, -0.05) is 18.2 Å². The van der Waals surface area contributed by atoms with Gasteiger partial charge < -0.3 is 10.1 Å². The predicted octanol–water partition coefficient (Wildman–Crippen LogP) is 0.211. The number of amides is 1. The molecule has 3 atom stereocenters. The third kappa shape index (κ3) is 2.35. The van der Waals surface area contributed by atoms with E-state index in [1.807, 2.05) is 0 Å². The van der Waals surface area contributed by atoms with Crippen molar-refractivity contribution in [3.05, 3.63) is 30.3 Å². The molecule has 2 aliphatic heterocycles. The molecule has 0 aromatic heterocycles. The van der Waals surface area contributed by atoms with Crippen molar-refractivity contribution >= 4 is 15.9 Å². The molecule has 3 rings (SSSR count). The van der Waals surface area contributed by atoms with Crippen LogP contribution in [0, 0.1) is 5.92 Å². The molecule has 0 bridgehead atoms. The molecule has 0 unspecified atom stereocenters. The molecule has 1 amide bonds. The molecule has 0 saturated carbocycles. The number of sulfonamides is 1. The van der Waals surface area contributed by atoms with Gasteiger partial charge in [-0.3, -0.25) is 4.79 Å². The minimum Gasteiger partial charge on any atom is -0.376 e. The Kier molecular flexibility index (Phi) is 3.73. The second kappa shape index (κ2) is 5.40. The average molecular weight is 310 g/mol. The number of hydrogen-bond donors (Lipinski definition) is 1. The van der Waals surface area contributed by atoms with E-state index in [0.717, 1.165) is 0 Å². The number of nitrogens with one attached hydrogen (secondary N) is 1. The molecule has 2 saturated heterocycles. The zero-order valence-corrected chi connectivity index (χ0v) is 12.5. The van der Waals surface area contributed by atoms with E-state index in [2.05, 4.69) is 5.32 Å². The quantitative estimate of drug-likeness (QED) is 0.866. The highest BCUT2D eigenvalue weighted by atomic mass is 32.2. The van der Waals surface area contributed by atoms with Crippen molar-refractivity contribution in [3.8, 4) is 0 Å². The Balaban J connectivity index is 1.94. The van der Waals surface area contributed by atoms with Crippen LogP contribution in [0.3, 0.4) is 0 Å². The lowest BCUT2D eigenvalue weighted by Gasteiger charge is -2.21. The van der Waals surface area contributed by atoms with Gasteiger partial charge in [0.1, 0.15) is 0 Å². The van der Waals surface area contributed by atoms with Crippen LogP contribution in [-0.2, 0) is 19.6 Å². The lowest BCUT2D eigenvalue weighted by molar-refractivity contribution is -0.127. The van der Waals surface area contributed by atoms with Crippen molar-refractivity contribution < 1.29 is 17.9 Å². The van der Waals surface area contributed by atoms with E-state index < -0.39 is 15.9 Å². The predicted molar refractivity (Wildman–Crippen MR) is 76.0 cm³/mol. The Morgan fingerprint density at radius 3 is 2.71 bits per heavy atom. The van der Waals surface area contributed by atoms with Gasteiger partial charge in [-0.2, -0.15) is 4.31 Å². The molecule has 0 aliphatic carbocycles. The van der Waals surface area contributed by atoms with Crippen LogP contribution in [0.4, 0.5) is 0 Å². The first-order valence-electron chi connectivity index (χ1n) is 6.96. The van der Waals surface area contributed by atoms with Crippen LogP contribution >= 0.6 is 0 Å². The summed E-state index contributed by atoms with van der Waals surface area (Å²) in [6.07, 6.45) is 0.285. The Morgan fingerprint density at radius 1 is 1.33 bits per heavy atom. The third-order valence-electron chi connectivity index (χ3n) is 4.18. The van der Waals surface area contributed by atoms with Gasteiger partial charge in [0.25, 0.3) is 0 Å². The molecule has 2 fully saturated rings. The highest BCUT2D eigenvalue weighted by Gasteiger charge is 2.52. The summed E-state index contributed by atoms with van der Waals surface area (Å²) in [5, 5.41) is 2.59. The minimum absolute atomic E-state index is 0.169. The highest BCUT2D eigenvalue weighted by Crippen LogP contribution is 2.37. The maximum atomic E-state index is 12.8.